The Balaban J connectivity index is 1.16. The van der Waals surface area contributed by atoms with Crippen molar-refractivity contribution in [3.63, 3.8) is 0 Å². The quantitative estimate of drug-likeness (QED) is 0.181. The molecule has 5 heterocycles. The molecule has 55 heavy (non-hydrogen) atoms. The van der Waals surface area contributed by atoms with Crippen molar-refractivity contribution in [3.8, 4) is 39.9 Å². The number of pyridine rings is 1. The number of para-hydroxylation sites is 4. The second kappa shape index (κ2) is 11.4. The third-order valence-corrected chi connectivity index (χ3v) is 10.8. The molecule has 0 unspecified atom stereocenters. The van der Waals surface area contributed by atoms with Gasteiger partial charge in [-0.15, -0.1) is 0 Å². The maximum Gasteiger partial charge on any atom is 0.238 e. The maximum absolute atomic E-state index is 6.32. The minimum Gasteiger partial charge on any atom is -0.456 e. The molecule has 5 aromatic heterocycles. The van der Waals surface area contributed by atoms with Crippen LogP contribution in [-0.2, 0) is 0 Å². The Bertz CT molecular complexity index is 3470. The van der Waals surface area contributed by atoms with Crippen molar-refractivity contribution in [1.29, 1.82) is 0 Å². The summed E-state index contributed by atoms with van der Waals surface area (Å²) >= 11 is 0. The van der Waals surface area contributed by atoms with E-state index in [4.69, 9.17) is 23.8 Å². The number of hydrogen-bond donors (Lipinski definition) is 0. The number of fused-ring (bicyclic) bond motifs is 10. The Morgan fingerprint density at radius 1 is 0.364 bits per heavy atom. The Hall–Kier alpha value is -7.64. The molecule has 0 spiro atoms. The largest absolute Gasteiger partial charge is 0.456 e. The molecular formula is C48H27N5O2. The van der Waals surface area contributed by atoms with Crippen LogP contribution in [-0.4, -0.2) is 24.5 Å². The van der Waals surface area contributed by atoms with Crippen LogP contribution in [0.4, 0.5) is 0 Å². The molecule has 7 aromatic carbocycles. The Labute approximate surface area is 312 Å². The molecule has 0 atom stereocenters. The minimum absolute atomic E-state index is 0.538. The standard InChI is InChI=1S/C48H27N5O2/c1-2-13-29-28(12-1)30(33-26-27-49-47-44(33)36-17-6-10-22-41(36)55-47)24-25-34(29)45-50-46(37-18-11-23-42-43(37)35-16-5-9-21-40(35)54-42)52-48(51-45)53-38-19-7-3-14-31(38)32-15-4-8-20-39(32)53/h1-27H. The van der Waals surface area contributed by atoms with E-state index in [1.54, 1.807) is 0 Å². The van der Waals surface area contributed by atoms with Crippen molar-refractivity contribution in [1.82, 2.24) is 24.5 Å². The van der Waals surface area contributed by atoms with E-state index in [1.165, 1.54) is 0 Å². The number of furan rings is 2. The van der Waals surface area contributed by atoms with Crippen LogP contribution in [0.1, 0.15) is 0 Å². The van der Waals surface area contributed by atoms with E-state index in [9.17, 15) is 0 Å². The van der Waals surface area contributed by atoms with E-state index < -0.39 is 0 Å². The first-order valence-electron chi connectivity index (χ1n) is 18.2. The summed E-state index contributed by atoms with van der Waals surface area (Å²) in [6.45, 7) is 0. The summed E-state index contributed by atoms with van der Waals surface area (Å²) in [7, 11) is 0. The second-order valence-electron chi connectivity index (χ2n) is 13.8. The third kappa shape index (κ3) is 4.38. The zero-order chi connectivity index (χ0) is 36.0. The van der Waals surface area contributed by atoms with Gasteiger partial charge >= 0.3 is 0 Å². The highest BCUT2D eigenvalue weighted by Gasteiger charge is 2.22. The molecule has 7 nitrogen and oxygen atoms in total. The van der Waals surface area contributed by atoms with Gasteiger partial charge < -0.3 is 8.83 Å². The van der Waals surface area contributed by atoms with Crippen LogP contribution in [0.15, 0.2) is 173 Å². The van der Waals surface area contributed by atoms with E-state index >= 15 is 0 Å². The molecule has 0 N–H and O–H groups in total. The highest BCUT2D eigenvalue weighted by atomic mass is 16.3. The molecule has 0 saturated heterocycles. The van der Waals surface area contributed by atoms with Crippen molar-refractivity contribution < 1.29 is 8.83 Å². The smallest absolute Gasteiger partial charge is 0.238 e. The summed E-state index contributed by atoms with van der Waals surface area (Å²) in [6, 6.07) is 54.0. The van der Waals surface area contributed by atoms with Crippen molar-refractivity contribution in [2.75, 3.05) is 0 Å². The van der Waals surface area contributed by atoms with Crippen LogP contribution in [0.2, 0.25) is 0 Å². The summed E-state index contributed by atoms with van der Waals surface area (Å²) < 4.78 is 14.7. The van der Waals surface area contributed by atoms with Crippen molar-refractivity contribution in [2.45, 2.75) is 0 Å². The van der Waals surface area contributed by atoms with Crippen LogP contribution in [0.25, 0.3) is 116 Å². The number of rotatable bonds is 4. The van der Waals surface area contributed by atoms with E-state index in [1.807, 2.05) is 54.7 Å². The lowest BCUT2D eigenvalue weighted by molar-refractivity contribution is 0.654. The van der Waals surface area contributed by atoms with E-state index in [0.29, 0.717) is 23.3 Å². The maximum atomic E-state index is 6.32. The molecule has 0 bridgehead atoms. The van der Waals surface area contributed by atoms with Crippen molar-refractivity contribution in [2.24, 2.45) is 0 Å². The average molecular weight is 706 g/mol. The van der Waals surface area contributed by atoms with Gasteiger partial charge in [0.05, 0.1) is 16.4 Å². The second-order valence-corrected chi connectivity index (χ2v) is 13.8. The van der Waals surface area contributed by atoms with Gasteiger partial charge in [0.25, 0.3) is 0 Å². The molecule has 0 amide bonds. The van der Waals surface area contributed by atoms with Crippen LogP contribution in [0.5, 0.6) is 0 Å². The molecule has 12 aromatic rings. The van der Waals surface area contributed by atoms with Gasteiger partial charge in [0.1, 0.15) is 16.7 Å². The third-order valence-electron chi connectivity index (χ3n) is 10.8. The number of nitrogens with zero attached hydrogens (tertiary/aromatic N) is 5. The lowest BCUT2D eigenvalue weighted by Gasteiger charge is -2.14. The number of hydrogen-bond acceptors (Lipinski definition) is 6. The predicted molar refractivity (Wildman–Crippen MR) is 220 cm³/mol. The van der Waals surface area contributed by atoms with Gasteiger partial charge in [-0.1, -0.05) is 115 Å². The fourth-order valence-corrected chi connectivity index (χ4v) is 8.40. The molecule has 0 saturated carbocycles. The van der Waals surface area contributed by atoms with E-state index in [2.05, 4.69) is 119 Å². The first kappa shape index (κ1) is 29.9. The first-order chi connectivity index (χ1) is 27.3. The van der Waals surface area contributed by atoms with Crippen LogP contribution in [0, 0.1) is 0 Å². The highest BCUT2D eigenvalue weighted by Crippen LogP contribution is 2.42. The summed E-state index contributed by atoms with van der Waals surface area (Å²) in [4.78, 5) is 20.5. The predicted octanol–water partition coefficient (Wildman–Crippen LogP) is 12.3. The molecule has 12 rings (SSSR count). The van der Waals surface area contributed by atoms with Crippen LogP contribution in [0.3, 0.4) is 0 Å². The SMILES string of the molecule is c1ccc2c(c1)oc1cccc(-c3nc(-c4ccc(-c5ccnc6oc7ccccc7c56)c5ccccc45)nc(-n4c5ccccc5c5ccccc54)n3)c12. The van der Waals surface area contributed by atoms with Gasteiger partial charge in [0.15, 0.2) is 11.6 Å². The van der Waals surface area contributed by atoms with Crippen LogP contribution < -0.4 is 0 Å². The first-order valence-corrected chi connectivity index (χ1v) is 18.2. The lowest BCUT2D eigenvalue weighted by Crippen LogP contribution is -2.06. The zero-order valence-electron chi connectivity index (χ0n) is 29.1. The monoisotopic (exact) mass is 705 g/mol. The van der Waals surface area contributed by atoms with E-state index in [0.717, 1.165) is 93.1 Å². The minimum atomic E-state index is 0.538. The number of benzene rings is 7. The van der Waals surface area contributed by atoms with E-state index in [-0.39, 0.29) is 0 Å². The van der Waals surface area contributed by atoms with Crippen molar-refractivity contribution in [3.05, 3.63) is 164 Å². The topological polar surface area (TPSA) is 82.8 Å². The van der Waals surface area contributed by atoms with Gasteiger partial charge in [-0.3, -0.25) is 4.57 Å². The highest BCUT2D eigenvalue weighted by molar-refractivity contribution is 6.16. The molecule has 7 heteroatoms. The summed E-state index contributed by atoms with van der Waals surface area (Å²) in [6.07, 6.45) is 1.82. The Kier molecular flexibility index (Phi) is 6.21. The van der Waals surface area contributed by atoms with Gasteiger partial charge in [0.2, 0.25) is 11.7 Å². The lowest BCUT2D eigenvalue weighted by atomic mass is 9.93. The summed E-state index contributed by atoms with van der Waals surface area (Å²) in [5.41, 5.74) is 8.98. The molecule has 256 valence electrons. The summed E-state index contributed by atoms with van der Waals surface area (Å²) in [5, 5.41) is 8.37. The van der Waals surface area contributed by atoms with Crippen LogP contribution >= 0.6 is 0 Å². The molecular weight excluding hydrogens is 679 g/mol. The van der Waals surface area contributed by atoms with Crippen molar-refractivity contribution >= 4 is 76.6 Å². The van der Waals surface area contributed by atoms with Gasteiger partial charge in [0, 0.05) is 44.3 Å². The fourth-order valence-electron chi connectivity index (χ4n) is 8.40. The molecule has 0 aliphatic rings. The fraction of sp³-hybridized carbons (Fsp3) is 0. The van der Waals surface area contributed by atoms with Gasteiger partial charge in [-0.05, 0) is 64.4 Å². The Morgan fingerprint density at radius 2 is 0.909 bits per heavy atom. The molecule has 0 aliphatic heterocycles. The molecule has 0 fully saturated rings. The Morgan fingerprint density at radius 3 is 1.64 bits per heavy atom. The van der Waals surface area contributed by atoms with Gasteiger partial charge in [-0.2, -0.15) is 9.97 Å². The molecule has 0 aliphatic carbocycles. The summed E-state index contributed by atoms with van der Waals surface area (Å²) in [5.74, 6) is 1.67. The molecule has 0 radical (unpaired) electrons. The van der Waals surface area contributed by atoms with Gasteiger partial charge in [-0.25, -0.2) is 9.97 Å². The average Bonchev–Trinajstić information content (AvgIpc) is 3.93. The number of aromatic nitrogens is 5. The zero-order valence-corrected chi connectivity index (χ0v) is 29.1. The normalized spacial score (nSPS) is 12.0.